The number of halogens is 2. The van der Waals surface area contributed by atoms with Gasteiger partial charge in [0.15, 0.2) is 0 Å². The lowest BCUT2D eigenvalue weighted by Gasteiger charge is -2.33. The highest BCUT2D eigenvalue weighted by atomic mass is 35.5. The number of piperidine rings is 1. The molecule has 1 aliphatic rings. The number of benzene rings is 2. The Morgan fingerprint density at radius 3 is 2.47 bits per heavy atom. The van der Waals surface area contributed by atoms with E-state index in [2.05, 4.69) is 17.0 Å². The van der Waals surface area contributed by atoms with Crippen molar-refractivity contribution in [3.8, 4) is 5.75 Å². The van der Waals surface area contributed by atoms with Gasteiger partial charge in [-0.1, -0.05) is 66.7 Å². The lowest BCUT2D eigenvalue weighted by Crippen LogP contribution is -2.41. The average Bonchev–Trinajstić information content (AvgIpc) is 2.90. The molecular weight excluding hydrogens is 525 g/mol. The minimum atomic E-state index is -0.688. The average molecular weight is 565 g/mol. The number of amides is 1. The van der Waals surface area contributed by atoms with E-state index in [-0.39, 0.29) is 6.10 Å². The predicted octanol–water partition coefficient (Wildman–Crippen LogP) is 6.92. The van der Waals surface area contributed by atoms with Crippen molar-refractivity contribution in [2.24, 2.45) is 16.8 Å². The molecule has 9 heteroatoms. The summed E-state index contributed by atoms with van der Waals surface area (Å²) in [4.78, 5) is 18.8. The van der Waals surface area contributed by atoms with Gasteiger partial charge in [-0.25, -0.2) is 4.79 Å². The molecule has 1 saturated heterocycles. The van der Waals surface area contributed by atoms with Crippen molar-refractivity contribution in [2.75, 3.05) is 33.4 Å². The van der Waals surface area contributed by atoms with Gasteiger partial charge in [-0.2, -0.15) is 0 Å². The topological polar surface area (TPSA) is 86.4 Å². The lowest BCUT2D eigenvalue weighted by atomic mass is 9.97. The zero-order valence-corrected chi connectivity index (χ0v) is 23.8. The van der Waals surface area contributed by atoms with Crippen LogP contribution >= 0.6 is 23.2 Å². The fourth-order valence-corrected chi connectivity index (χ4v) is 5.11. The van der Waals surface area contributed by atoms with E-state index < -0.39 is 6.09 Å². The van der Waals surface area contributed by atoms with E-state index in [4.69, 9.17) is 43.2 Å². The second-order valence-electron chi connectivity index (χ2n) is 9.73. The Hall–Kier alpha value is -2.48. The van der Waals surface area contributed by atoms with Crippen LogP contribution in [-0.2, 0) is 9.57 Å². The minimum absolute atomic E-state index is 0.141. The first kappa shape index (κ1) is 30.1. The van der Waals surface area contributed by atoms with Crippen molar-refractivity contribution in [3.05, 3.63) is 63.6 Å². The van der Waals surface area contributed by atoms with Crippen molar-refractivity contribution in [1.29, 1.82) is 0 Å². The van der Waals surface area contributed by atoms with Crippen LogP contribution in [0.1, 0.15) is 63.0 Å². The maximum absolute atomic E-state index is 11.3. The number of unbranched alkanes of at least 4 members (excludes halogenated alkanes) is 3. The van der Waals surface area contributed by atoms with Crippen LogP contribution in [0, 0.1) is 5.92 Å². The predicted molar refractivity (Wildman–Crippen MR) is 153 cm³/mol. The number of carbonyl (C=O) groups is 1. The maximum Gasteiger partial charge on any atom is 0.404 e. The summed E-state index contributed by atoms with van der Waals surface area (Å²) in [5.41, 5.74) is 7.53. The quantitative estimate of drug-likeness (QED) is 0.153. The summed E-state index contributed by atoms with van der Waals surface area (Å²) < 4.78 is 11.5. The number of nitrogens with two attached hydrogens (primary N) is 1. The number of ether oxygens (including phenoxy) is 2. The van der Waals surface area contributed by atoms with Gasteiger partial charge in [0.2, 0.25) is 0 Å². The Bertz CT molecular complexity index is 1040. The molecule has 7 nitrogen and oxygen atoms in total. The molecule has 1 fully saturated rings. The number of nitrogens with zero attached hydrogens (tertiary/aromatic N) is 2. The highest BCUT2D eigenvalue weighted by Crippen LogP contribution is 2.27. The minimum Gasteiger partial charge on any atom is -0.493 e. The van der Waals surface area contributed by atoms with Crippen LogP contribution in [0.2, 0.25) is 10.0 Å². The SMILES string of the molecule is CCCCCC[C@H](CN1CCC(COc2ccc(/C(=N\OC)c3ccc(Cl)cc3)c(Cl)c2)CC1)OC(N)=O. The van der Waals surface area contributed by atoms with E-state index in [1.54, 1.807) is 12.1 Å². The van der Waals surface area contributed by atoms with Crippen molar-refractivity contribution in [1.82, 2.24) is 4.90 Å². The fraction of sp³-hybridized carbons (Fsp3) is 0.517. The molecule has 2 N–H and O–H groups in total. The van der Waals surface area contributed by atoms with Crippen LogP contribution in [-0.4, -0.2) is 56.2 Å². The van der Waals surface area contributed by atoms with Crippen molar-refractivity contribution in [2.45, 2.75) is 58.0 Å². The van der Waals surface area contributed by atoms with Crippen LogP contribution in [0.15, 0.2) is 47.6 Å². The molecule has 0 bridgehead atoms. The summed E-state index contributed by atoms with van der Waals surface area (Å²) in [6, 6.07) is 13.0. The molecule has 0 radical (unpaired) electrons. The van der Waals surface area contributed by atoms with E-state index in [0.717, 1.165) is 68.6 Å². The van der Waals surface area contributed by atoms with Crippen LogP contribution in [0.25, 0.3) is 0 Å². The molecule has 1 atom stereocenters. The second-order valence-corrected chi connectivity index (χ2v) is 10.6. The molecule has 208 valence electrons. The number of rotatable bonds is 14. The molecule has 0 unspecified atom stereocenters. The molecule has 3 rings (SSSR count). The Balaban J connectivity index is 1.50. The summed E-state index contributed by atoms with van der Waals surface area (Å²) in [6.45, 7) is 5.43. The molecule has 2 aromatic rings. The van der Waals surface area contributed by atoms with Gasteiger partial charge in [0.05, 0.1) is 11.6 Å². The van der Waals surface area contributed by atoms with Crippen LogP contribution in [0.3, 0.4) is 0 Å². The number of hydrogen-bond acceptors (Lipinski definition) is 6. The third-order valence-electron chi connectivity index (χ3n) is 6.81. The first-order chi connectivity index (χ1) is 18.4. The number of oxime groups is 1. The maximum atomic E-state index is 11.3. The first-order valence-electron chi connectivity index (χ1n) is 13.4. The Kier molecular flexibility index (Phi) is 12.5. The molecule has 1 aliphatic heterocycles. The van der Waals surface area contributed by atoms with E-state index >= 15 is 0 Å². The normalized spacial score (nSPS) is 15.7. The molecule has 38 heavy (non-hydrogen) atoms. The zero-order valence-electron chi connectivity index (χ0n) is 22.3. The Morgan fingerprint density at radius 2 is 1.84 bits per heavy atom. The third-order valence-corrected chi connectivity index (χ3v) is 7.38. The van der Waals surface area contributed by atoms with Gasteiger partial charge in [-0.05, 0) is 75.0 Å². The number of primary amides is 1. The van der Waals surface area contributed by atoms with Gasteiger partial charge in [0.25, 0.3) is 0 Å². The fourth-order valence-electron chi connectivity index (χ4n) is 4.72. The zero-order chi connectivity index (χ0) is 27.3. The summed E-state index contributed by atoms with van der Waals surface area (Å²) in [7, 11) is 1.51. The van der Waals surface area contributed by atoms with Gasteiger partial charge in [0.1, 0.15) is 24.7 Å². The monoisotopic (exact) mass is 563 g/mol. The number of likely N-dealkylation sites (tertiary alicyclic amines) is 1. The lowest BCUT2D eigenvalue weighted by molar-refractivity contribution is 0.0537. The van der Waals surface area contributed by atoms with E-state index in [1.165, 1.54) is 20.0 Å². The summed E-state index contributed by atoms with van der Waals surface area (Å²) in [5, 5.41) is 5.36. The largest absolute Gasteiger partial charge is 0.493 e. The van der Waals surface area contributed by atoms with Gasteiger partial charge in [-0.15, -0.1) is 0 Å². The van der Waals surface area contributed by atoms with Crippen LogP contribution in [0.4, 0.5) is 4.79 Å². The van der Waals surface area contributed by atoms with E-state index in [9.17, 15) is 4.79 Å². The highest BCUT2D eigenvalue weighted by Gasteiger charge is 2.24. The van der Waals surface area contributed by atoms with Crippen molar-refractivity contribution >= 4 is 35.0 Å². The van der Waals surface area contributed by atoms with Gasteiger partial charge in [0, 0.05) is 22.7 Å². The molecule has 0 spiro atoms. The summed E-state index contributed by atoms with van der Waals surface area (Å²) >= 11 is 12.7. The Labute approximate surface area is 236 Å². The third kappa shape index (κ3) is 9.68. The molecular formula is C29H39Cl2N3O4. The second kappa shape index (κ2) is 15.8. The van der Waals surface area contributed by atoms with Gasteiger partial charge < -0.3 is 20.0 Å². The molecule has 0 aromatic heterocycles. The van der Waals surface area contributed by atoms with E-state index in [0.29, 0.717) is 28.3 Å². The number of hydrogen-bond donors (Lipinski definition) is 1. The highest BCUT2D eigenvalue weighted by molar-refractivity contribution is 6.35. The molecule has 1 heterocycles. The summed E-state index contributed by atoms with van der Waals surface area (Å²) in [6.07, 6.45) is 6.66. The molecule has 2 aromatic carbocycles. The molecule has 0 saturated carbocycles. The van der Waals surface area contributed by atoms with Crippen molar-refractivity contribution in [3.63, 3.8) is 0 Å². The Morgan fingerprint density at radius 1 is 1.11 bits per heavy atom. The van der Waals surface area contributed by atoms with E-state index in [1.807, 2.05) is 30.3 Å². The molecule has 0 aliphatic carbocycles. The summed E-state index contributed by atoms with van der Waals surface area (Å²) in [5.74, 6) is 1.17. The number of carbonyl (C=O) groups excluding carboxylic acids is 1. The smallest absolute Gasteiger partial charge is 0.404 e. The van der Waals surface area contributed by atoms with Gasteiger partial charge in [-0.3, -0.25) is 4.90 Å². The first-order valence-corrected chi connectivity index (χ1v) is 14.1. The van der Waals surface area contributed by atoms with Gasteiger partial charge >= 0.3 is 6.09 Å². The molecule has 1 amide bonds. The van der Waals surface area contributed by atoms with Crippen molar-refractivity contribution < 1.29 is 19.1 Å². The standard InChI is InChI=1S/C29H39Cl2N3O4/c1-3-4-5-6-7-25(38-29(32)35)19-34-16-14-21(15-17-34)20-37-24-12-13-26(27(31)18-24)28(33-36-2)22-8-10-23(30)11-9-22/h8-13,18,21,25H,3-7,14-17,19-20H2,1-2H3,(H2,32,35)/b33-28-/t25-/m1/s1. The van der Waals surface area contributed by atoms with Crippen LogP contribution in [0.5, 0.6) is 5.75 Å². The van der Waals surface area contributed by atoms with Crippen LogP contribution < -0.4 is 10.5 Å².